The predicted molar refractivity (Wildman–Crippen MR) is 205 cm³/mol. The van der Waals surface area contributed by atoms with Gasteiger partial charge in [-0.2, -0.15) is 0 Å². The van der Waals surface area contributed by atoms with Crippen molar-refractivity contribution in [2.24, 2.45) is 0 Å². The van der Waals surface area contributed by atoms with Gasteiger partial charge in [-0.1, -0.05) is 121 Å². The van der Waals surface area contributed by atoms with Crippen LogP contribution in [0.2, 0.25) is 0 Å². The third kappa shape index (κ3) is 11.9. The zero-order chi connectivity index (χ0) is 31.9. The summed E-state index contributed by atoms with van der Waals surface area (Å²) in [5.41, 5.74) is 2.92. The van der Waals surface area contributed by atoms with Crippen LogP contribution < -0.4 is 21.2 Å². The summed E-state index contributed by atoms with van der Waals surface area (Å²) in [7, 11) is -1.24. The fourth-order valence-electron chi connectivity index (χ4n) is 5.64. The molecule has 4 saturated carbocycles. The smallest absolute Gasteiger partial charge is 0.0622 e. The minimum absolute atomic E-state index is 0. The van der Waals surface area contributed by atoms with Crippen molar-refractivity contribution < 1.29 is 34.1 Å². The Morgan fingerprint density at radius 3 is 0.776 bits per heavy atom. The second-order valence-electron chi connectivity index (χ2n) is 11.0. The first-order chi connectivity index (χ1) is 23.4. The van der Waals surface area contributed by atoms with Crippen molar-refractivity contribution in [3.05, 3.63) is 247 Å². The van der Waals surface area contributed by atoms with Gasteiger partial charge >= 0.3 is 34.1 Å². The molecule has 0 nitrogen and oxygen atoms in total. The molecule has 4 heteroatoms. The van der Waals surface area contributed by atoms with Crippen LogP contribution in [-0.2, 0) is 34.1 Å². The van der Waals surface area contributed by atoms with Crippen LogP contribution in [0.3, 0.4) is 0 Å². The minimum Gasteiger partial charge on any atom is -0.0622 e. The quantitative estimate of drug-likeness (QED) is 0.125. The van der Waals surface area contributed by atoms with E-state index in [0.717, 1.165) is 6.42 Å². The summed E-state index contributed by atoms with van der Waals surface area (Å²) in [6.07, 6.45) is 34.8. The Balaban J connectivity index is 0.000000388. The number of hydrogen-bond acceptors (Lipinski definition) is 0. The first-order valence-corrected chi connectivity index (χ1v) is 18.7. The second kappa shape index (κ2) is 22.7. The average molecular weight is 752 g/mol. The molecule has 49 heavy (non-hydrogen) atoms. The third-order valence-corrected chi connectivity index (χ3v) is 12.9. The first-order valence-electron chi connectivity index (χ1n) is 16.0. The Hall–Kier alpha value is -1.22. The average Bonchev–Trinajstić information content (AvgIpc) is 3.99. The van der Waals surface area contributed by atoms with Crippen molar-refractivity contribution in [1.29, 1.82) is 0 Å². The molecule has 0 bridgehead atoms. The van der Waals surface area contributed by atoms with Crippen molar-refractivity contribution in [1.82, 2.24) is 0 Å². The Bertz CT molecular complexity index is 1190. The van der Waals surface area contributed by atoms with Gasteiger partial charge in [0.15, 0.2) is 0 Å². The molecule has 0 unspecified atom stereocenters. The number of benzene rings is 4. The molecule has 0 N–H and O–H groups in total. The molecular formula is C45H38Fe2P2+4. The summed E-state index contributed by atoms with van der Waals surface area (Å²) >= 11 is 0. The summed E-state index contributed by atoms with van der Waals surface area (Å²) in [6.45, 7) is 0. The molecule has 8 rings (SSSR count). The fraction of sp³-hybridized carbons (Fsp3) is 0.0222. The van der Waals surface area contributed by atoms with Gasteiger partial charge in [0.25, 0.3) is 0 Å². The van der Waals surface area contributed by atoms with Gasteiger partial charge < -0.3 is 0 Å². The molecular weight excluding hydrogens is 714 g/mol. The van der Waals surface area contributed by atoms with Crippen LogP contribution in [0.15, 0.2) is 121 Å². The summed E-state index contributed by atoms with van der Waals surface area (Å²) in [5.74, 6) is 2.87. The van der Waals surface area contributed by atoms with E-state index in [-0.39, 0.29) is 34.1 Å². The van der Waals surface area contributed by atoms with Crippen molar-refractivity contribution in [2.75, 3.05) is 0 Å². The Morgan fingerprint density at radius 1 is 0.286 bits per heavy atom. The first kappa shape index (κ1) is 40.5. The second-order valence-corrected chi connectivity index (χ2v) is 15.4. The molecule has 4 aromatic rings. The number of rotatable bonds is 8. The van der Waals surface area contributed by atoms with Crippen LogP contribution in [0.4, 0.5) is 0 Å². The standard InChI is InChI=1S/C35H28P2.2C5H5.2Fe/c1-5-17-30(18-6-1)36(31-19-7-2-8-20-31)34-25-13-15-28(34)27-29-16-14-26-35(29)37(32-21-9-3-10-22-32)33-23-11-4-12-24-33;2*1-2-4-5-3-1;;/h1-26H,27H2;2*1-5H;;/q;;;2*+2. The van der Waals surface area contributed by atoms with Crippen molar-refractivity contribution >= 4 is 37.1 Å². The van der Waals surface area contributed by atoms with E-state index >= 15 is 0 Å². The van der Waals surface area contributed by atoms with Crippen LogP contribution in [0, 0.1) is 126 Å². The van der Waals surface area contributed by atoms with Crippen molar-refractivity contribution in [3.8, 4) is 0 Å². The summed E-state index contributed by atoms with van der Waals surface area (Å²) < 4.78 is 0. The Kier molecular flexibility index (Phi) is 18.7. The summed E-state index contributed by atoms with van der Waals surface area (Å²) in [5, 5.41) is 5.59. The third-order valence-electron chi connectivity index (χ3n) is 7.79. The van der Waals surface area contributed by atoms with E-state index in [1.165, 1.54) is 44.4 Å². The molecule has 4 fully saturated rings. The minimum atomic E-state index is -0.619. The van der Waals surface area contributed by atoms with E-state index in [0.29, 0.717) is 0 Å². The van der Waals surface area contributed by atoms with E-state index in [1.807, 2.05) is 64.2 Å². The van der Waals surface area contributed by atoms with Gasteiger partial charge in [-0.25, -0.2) is 0 Å². The zero-order valence-electron chi connectivity index (χ0n) is 27.1. The van der Waals surface area contributed by atoms with E-state index in [1.54, 1.807) is 0 Å². The summed E-state index contributed by atoms with van der Waals surface area (Å²) in [6, 6.07) is 44.0. The van der Waals surface area contributed by atoms with Crippen LogP contribution in [0.5, 0.6) is 0 Å². The van der Waals surface area contributed by atoms with E-state index in [2.05, 4.69) is 160 Å². The Labute approximate surface area is 322 Å². The largest absolute Gasteiger partial charge is 2.00 e. The molecule has 0 heterocycles. The monoisotopic (exact) mass is 752 g/mol. The van der Waals surface area contributed by atoms with Gasteiger partial charge in [0.05, 0.1) is 0 Å². The maximum atomic E-state index is 2.35. The predicted octanol–water partition coefficient (Wildman–Crippen LogP) is 9.15. The molecule has 0 atom stereocenters. The molecule has 0 spiro atoms. The van der Waals surface area contributed by atoms with Crippen molar-refractivity contribution in [2.45, 2.75) is 6.42 Å². The van der Waals surface area contributed by atoms with E-state index < -0.39 is 15.8 Å². The Morgan fingerprint density at radius 2 is 0.531 bits per heavy atom. The molecule has 20 radical (unpaired) electrons. The van der Waals surface area contributed by atoms with Gasteiger partial charge in [-0.05, 0) is 158 Å². The molecule has 0 aromatic heterocycles. The SMILES string of the molecule is [CH]1[CH][CH][CH][CH]1.[CH]1[CH][CH][CH][CH]1.[CH]1[CH][C](C[C]2[CH][CH][CH][C]2P(c2ccccc2)c2ccccc2)[C](P(c2ccccc2)c2ccccc2)[CH]1.[Fe+2].[Fe+2]. The van der Waals surface area contributed by atoms with Crippen LogP contribution in [-0.4, -0.2) is 0 Å². The van der Waals surface area contributed by atoms with Crippen LogP contribution in [0.1, 0.15) is 6.42 Å². The van der Waals surface area contributed by atoms with Gasteiger partial charge in [-0.3, -0.25) is 0 Å². The van der Waals surface area contributed by atoms with Gasteiger partial charge in [0, 0.05) is 11.3 Å². The molecule has 240 valence electrons. The number of hydrogen-bond donors (Lipinski definition) is 0. The fourth-order valence-corrected chi connectivity index (χ4v) is 10.6. The molecule has 4 aliphatic rings. The molecule has 0 aliphatic heterocycles. The normalized spacial score (nSPS) is 18.3. The van der Waals surface area contributed by atoms with Gasteiger partial charge in [0.1, 0.15) is 0 Å². The van der Waals surface area contributed by atoms with Gasteiger partial charge in [0.2, 0.25) is 0 Å². The zero-order valence-corrected chi connectivity index (χ0v) is 31.1. The molecule has 0 amide bonds. The maximum absolute atomic E-state index is 2.35. The molecule has 0 saturated heterocycles. The van der Waals surface area contributed by atoms with Crippen LogP contribution >= 0.6 is 15.8 Å². The van der Waals surface area contributed by atoms with Gasteiger partial charge in [-0.15, -0.1) is 0 Å². The van der Waals surface area contributed by atoms with E-state index in [4.69, 9.17) is 0 Å². The topological polar surface area (TPSA) is 0 Å². The van der Waals surface area contributed by atoms with E-state index in [9.17, 15) is 0 Å². The van der Waals surface area contributed by atoms with Crippen molar-refractivity contribution in [3.63, 3.8) is 0 Å². The summed E-state index contributed by atoms with van der Waals surface area (Å²) in [4.78, 5) is 0. The molecule has 4 aromatic carbocycles. The van der Waals surface area contributed by atoms with Crippen LogP contribution in [0.25, 0.3) is 0 Å². The molecule has 4 aliphatic carbocycles. The maximum Gasteiger partial charge on any atom is 2.00 e.